The number of anilines is 3. The van der Waals surface area contributed by atoms with Crippen molar-refractivity contribution < 1.29 is 4.79 Å². The molecule has 0 spiro atoms. The highest BCUT2D eigenvalue weighted by Crippen LogP contribution is 2.26. The summed E-state index contributed by atoms with van der Waals surface area (Å²) in [5.74, 6) is 0.884. The summed E-state index contributed by atoms with van der Waals surface area (Å²) in [5.41, 5.74) is 12.2. The Morgan fingerprint density at radius 2 is 1.82 bits per heavy atom. The fourth-order valence-electron chi connectivity index (χ4n) is 3.02. The van der Waals surface area contributed by atoms with Gasteiger partial charge in [-0.05, 0) is 49.1 Å². The van der Waals surface area contributed by atoms with E-state index in [0.717, 1.165) is 23.4 Å². The van der Waals surface area contributed by atoms with Gasteiger partial charge < -0.3 is 16.4 Å². The monoisotopic (exact) mass is 375 g/mol. The minimum atomic E-state index is -0.0737. The number of benzene rings is 2. The van der Waals surface area contributed by atoms with Crippen LogP contribution in [-0.2, 0) is 11.2 Å². The molecule has 28 heavy (non-hydrogen) atoms. The maximum Gasteiger partial charge on any atom is 0.222 e. The molecule has 1 heterocycles. The topological polar surface area (TPSA) is 92.9 Å². The second-order valence-electron chi connectivity index (χ2n) is 6.80. The third kappa shape index (κ3) is 4.85. The number of aryl methyl sites for hydroxylation is 1. The van der Waals surface area contributed by atoms with Crippen molar-refractivity contribution in [2.75, 3.05) is 22.9 Å². The first-order chi connectivity index (χ1) is 13.4. The number of nitrogens with one attached hydrogen (secondary N) is 2. The normalized spacial score (nSPS) is 10.5. The van der Waals surface area contributed by atoms with Gasteiger partial charge in [-0.3, -0.25) is 4.79 Å². The Morgan fingerprint density at radius 1 is 1.07 bits per heavy atom. The van der Waals surface area contributed by atoms with E-state index in [9.17, 15) is 4.79 Å². The summed E-state index contributed by atoms with van der Waals surface area (Å²) in [7, 11) is 0. The summed E-state index contributed by atoms with van der Waals surface area (Å²) in [6.07, 6.45) is 0.822. The second kappa shape index (κ2) is 8.52. The van der Waals surface area contributed by atoms with Gasteiger partial charge in [0.2, 0.25) is 11.9 Å². The Hall–Kier alpha value is -3.41. The van der Waals surface area contributed by atoms with Gasteiger partial charge in [0.25, 0.3) is 0 Å². The highest BCUT2D eigenvalue weighted by molar-refractivity contribution is 5.88. The third-order valence-electron chi connectivity index (χ3n) is 4.62. The van der Waals surface area contributed by atoms with Gasteiger partial charge in [-0.2, -0.15) is 4.98 Å². The molecule has 0 atom stereocenters. The number of carbonyl (C=O) groups excluding carboxylic acids is 1. The van der Waals surface area contributed by atoms with Gasteiger partial charge in [-0.25, -0.2) is 4.98 Å². The molecule has 4 N–H and O–H groups in total. The molecule has 3 aromatic rings. The molecule has 0 aliphatic carbocycles. The first-order valence-corrected chi connectivity index (χ1v) is 9.24. The van der Waals surface area contributed by atoms with Gasteiger partial charge in [0.15, 0.2) is 0 Å². The van der Waals surface area contributed by atoms with Crippen LogP contribution in [-0.4, -0.2) is 22.4 Å². The van der Waals surface area contributed by atoms with E-state index in [2.05, 4.69) is 40.5 Å². The van der Waals surface area contributed by atoms with Crippen LogP contribution in [0.5, 0.6) is 0 Å². The molecular formula is C22H25N5O. The Balaban J connectivity index is 1.67. The molecule has 0 bridgehead atoms. The molecular weight excluding hydrogens is 350 g/mol. The molecule has 6 nitrogen and oxygen atoms in total. The fourth-order valence-corrected chi connectivity index (χ4v) is 3.02. The van der Waals surface area contributed by atoms with Crippen LogP contribution < -0.4 is 16.4 Å². The quantitative estimate of drug-likeness (QED) is 0.606. The smallest absolute Gasteiger partial charge is 0.222 e. The van der Waals surface area contributed by atoms with Crippen molar-refractivity contribution in [3.05, 3.63) is 65.2 Å². The Kier molecular flexibility index (Phi) is 5.89. The van der Waals surface area contributed by atoms with Gasteiger partial charge in [-0.1, -0.05) is 30.3 Å². The molecule has 3 rings (SSSR count). The van der Waals surface area contributed by atoms with Gasteiger partial charge in [0, 0.05) is 30.8 Å². The fraction of sp³-hybridized carbons (Fsp3) is 0.227. The number of nitrogen functional groups attached to an aromatic ring is 1. The van der Waals surface area contributed by atoms with E-state index >= 15 is 0 Å². The summed E-state index contributed by atoms with van der Waals surface area (Å²) < 4.78 is 0. The van der Waals surface area contributed by atoms with E-state index in [1.54, 1.807) is 0 Å². The second-order valence-corrected chi connectivity index (χ2v) is 6.80. The summed E-state index contributed by atoms with van der Waals surface area (Å²) in [5, 5.41) is 6.09. The first-order valence-electron chi connectivity index (χ1n) is 9.24. The SMILES string of the molecule is CC(=O)Nc1ccc(CCNc2cc(-c3cccc(C)c3C)nc(N)n2)cc1. The zero-order chi connectivity index (χ0) is 20.1. The first kappa shape index (κ1) is 19.4. The van der Waals surface area contributed by atoms with Gasteiger partial charge in [-0.15, -0.1) is 0 Å². The molecule has 0 unspecified atom stereocenters. The minimum absolute atomic E-state index is 0.0737. The van der Waals surface area contributed by atoms with E-state index in [-0.39, 0.29) is 11.9 Å². The zero-order valence-electron chi connectivity index (χ0n) is 16.4. The molecule has 0 saturated carbocycles. The maximum atomic E-state index is 11.1. The number of hydrogen-bond acceptors (Lipinski definition) is 5. The van der Waals surface area contributed by atoms with Crippen molar-refractivity contribution >= 4 is 23.4 Å². The molecule has 0 saturated heterocycles. The van der Waals surface area contributed by atoms with Crippen LogP contribution in [0, 0.1) is 13.8 Å². The summed E-state index contributed by atoms with van der Waals surface area (Å²) >= 11 is 0. The number of amides is 1. The Bertz CT molecular complexity index is 983. The van der Waals surface area contributed by atoms with Crippen molar-refractivity contribution in [2.24, 2.45) is 0 Å². The van der Waals surface area contributed by atoms with E-state index in [4.69, 9.17) is 5.73 Å². The Morgan fingerprint density at radius 3 is 2.54 bits per heavy atom. The molecule has 2 aromatic carbocycles. The number of nitrogens with two attached hydrogens (primary N) is 1. The number of carbonyl (C=O) groups is 1. The molecule has 1 amide bonds. The average Bonchev–Trinajstić information content (AvgIpc) is 2.64. The minimum Gasteiger partial charge on any atom is -0.370 e. The molecule has 1 aromatic heterocycles. The number of rotatable bonds is 6. The summed E-state index contributed by atoms with van der Waals surface area (Å²) in [6.45, 7) is 6.38. The lowest BCUT2D eigenvalue weighted by Gasteiger charge is -2.11. The van der Waals surface area contributed by atoms with Crippen molar-refractivity contribution in [1.29, 1.82) is 0 Å². The summed E-state index contributed by atoms with van der Waals surface area (Å²) in [4.78, 5) is 19.8. The Labute approximate surface area is 165 Å². The number of nitrogens with zero attached hydrogens (tertiary/aromatic N) is 2. The molecule has 6 heteroatoms. The predicted molar refractivity (Wildman–Crippen MR) is 114 cm³/mol. The highest BCUT2D eigenvalue weighted by Gasteiger charge is 2.09. The average molecular weight is 375 g/mol. The van der Waals surface area contributed by atoms with Crippen LogP contribution >= 0.6 is 0 Å². The van der Waals surface area contributed by atoms with Crippen molar-refractivity contribution in [3.8, 4) is 11.3 Å². The lowest BCUT2D eigenvalue weighted by molar-refractivity contribution is -0.114. The molecule has 144 valence electrons. The van der Waals surface area contributed by atoms with Gasteiger partial charge >= 0.3 is 0 Å². The van der Waals surface area contributed by atoms with Gasteiger partial charge in [0.05, 0.1) is 5.69 Å². The van der Waals surface area contributed by atoms with Crippen LogP contribution in [0.4, 0.5) is 17.5 Å². The maximum absolute atomic E-state index is 11.1. The third-order valence-corrected chi connectivity index (χ3v) is 4.62. The molecule has 0 fully saturated rings. The molecule has 0 aliphatic heterocycles. The van der Waals surface area contributed by atoms with Crippen molar-refractivity contribution in [3.63, 3.8) is 0 Å². The van der Waals surface area contributed by atoms with E-state index < -0.39 is 0 Å². The van der Waals surface area contributed by atoms with Crippen LogP contribution in [0.15, 0.2) is 48.5 Å². The van der Waals surface area contributed by atoms with Crippen LogP contribution in [0.2, 0.25) is 0 Å². The van der Waals surface area contributed by atoms with E-state index in [1.165, 1.54) is 23.6 Å². The lowest BCUT2D eigenvalue weighted by Crippen LogP contribution is -2.09. The standard InChI is InChI=1S/C22H25N5O/c1-14-5-4-6-19(15(14)2)20-13-21(27-22(23)26-20)24-12-11-17-7-9-18(10-8-17)25-16(3)28/h4-10,13H,11-12H2,1-3H3,(H,25,28)(H3,23,24,26,27). The largest absolute Gasteiger partial charge is 0.370 e. The zero-order valence-corrected chi connectivity index (χ0v) is 16.4. The number of aromatic nitrogens is 2. The van der Waals surface area contributed by atoms with E-state index in [0.29, 0.717) is 12.4 Å². The van der Waals surface area contributed by atoms with Crippen LogP contribution in [0.25, 0.3) is 11.3 Å². The van der Waals surface area contributed by atoms with Crippen molar-refractivity contribution in [1.82, 2.24) is 9.97 Å². The van der Waals surface area contributed by atoms with Crippen LogP contribution in [0.3, 0.4) is 0 Å². The predicted octanol–water partition coefficient (Wildman–Crippen LogP) is 3.96. The highest BCUT2D eigenvalue weighted by atomic mass is 16.1. The molecule has 0 aliphatic rings. The number of hydrogen-bond donors (Lipinski definition) is 3. The van der Waals surface area contributed by atoms with E-state index in [1.807, 2.05) is 42.5 Å². The summed E-state index contributed by atoms with van der Waals surface area (Å²) in [6, 6.07) is 15.9. The van der Waals surface area contributed by atoms with Gasteiger partial charge in [0.1, 0.15) is 5.82 Å². The molecule has 0 radical (unpaired) electrons. The lowest BCUT2D eigenvalue weighted by atomic mass is 10.0. The van der Waals surface area contributed by atoms with Crippen molar-refractivity contribution in [2.45, 2.75) is 27.2 Å². The van der Waals surface area contributed by atoms with Crippen LogP contribution in [0.1, 0.15) is 23.6 Å².